The minimum Gasteiger partial charge on any atom is -0.343 e. The van der Waals surface area contributed by atoms with Crippen LogP contribution in [0.1, 0.15) is 96.9 Å². The van der Waals surface area contributed by atoms with Crippen molar-refractivity contribution in [1.29, 1.82) is 0 Å². The Kier molecular flexibility index (Phi) is 5.93. The number of nitrogens with zero attached hydrogens (tertiary/aromatic N) is 1. The number of sulfonamides is 1. The van der Waals surface area contributed by atoms with Gasteiger partial charge in [0, 0.05) is 17.9 Å². The molecule has 1 aromatic carbocycles. The molecule has 3 aliphatic rings. The number of aromatic nitrogens is 1. The van der Waals surface area contributed by atoms with Crippen LogP contribution in [0, 0.1) is 18.3 Å². The Morgan fingerprint density at radius 1 is 0.909 bits per heavy atom. The summed E-state index contributed by atoms with van der Waals surface area (Å²) in [6, 6.07) is 8.64. The van der Waals surface area contributed by atoms with Gasteiger partial charge in [-0.1, -0.05) is 47.6 Å². The van der Waals surface area contributed by atoms with Gasteiger partial charge >= 0.3 is 0 Å². The third-order valence-electron chi connectivity index (χ3n) is 8.33. The van der Waals surface area contributed by atoms with E-state index in [0.717, 1.165) is 29.4 Å². The molecule has 0 radical (unpaired) electrons. The quantitative estimate of drug-likeness (QED) is 0.542. The van der Waals surface area contributed by atoms with E-state index >= 15 is 0 Å². The summed E-state index contributed by atoms with van der Waals surface area (Å²) in [5, 5.41) is 5.68. The molecule has 2 bridgehead atoms. The van der Waals surface area contributed by atoms with E-state index in [9.17, 15) is 8.42 Å². The summed E-state index contributed by atoms with van der Waals surface area (Å²) in [5.74, 6) is 0.898. The maximum atomic E-state index is 12.5. The van der Waals surface area contributed by atoms with Crippen LogP contribution in [-0.2, 0) is 27.4 Å². The van der Waals surface area contributed by atoms with Crippen LogP contribution in [0.5, 0.6) is 0 Å². The number of nitrogens with two attached hydrogens (primary N) is 1. The van der Waals surface area contributed by atoms with E-state index in [0.29, 0.717) is 0 Å². The zero-order chi connectivity index (χ0) is 24.4. The van der Waals surface area contributed by atoms with Crippen LogP contribution in [0.3, 0.4) is 0 Å². The van der Waals surface area contributed by atoms with E-state index in [-0.39, 0.29) is 21.1 Å². The van der Waals surface area contributed by atoms with Crippen LogP contribution in [0.15, 0.2) is 29.2 Å². The van der Waals surface area contributed by atoms with Gasteiger partial charge in [-0.05, 0) is 103 Å². The lowest BCUT2D eigenvalue weighted by molar-refractivity contribution is 0.0481. The average Bonchev–Trinajstić information content (AvgIpc) is 3.04. The molecule has 1 aromatic heterocycles. The third-order valence-corrected chi connectivity index (χ3v) is 9.36. The van der Waals surface area contributed by atoms with Gasteiger partial charge in [0.25, 0.3) is 0 Å². The second-order valence-electron chi connectivity index (χ2n) is 12.9. The highest BCUT2D eigenvalue weighted by atomic mass is 32.2. The molecule has 3 aliphatic carbocycles. The summed E-state index contributed by atoms with van der Waals surface area (Å²) in [7, 11) is -3.80. The Morgan fingerprint density at radius 2 is 1.39 bits per heavy atom. The van der Waals surface area contributed by atoms with Crippen molar-refractivity contribution in [3.63, 3.8) is 0 Å². The summed E-state index contributed by atoms with van der Waals surface area (Å²) < 4.78 is 27.3. The topological polar surface area (TPSA) is 65.1 Å². The molecule has 4 nitrogen and oxygen atoms in total. The molecule has 0 amide bonds. The van der Waals surface area contributed by atoms with Gasteiger partial charge in [0.15, 0.2) is 0 Å². The molecule has 1 heterocycles. The lowest BCUT2D eigenvalue weighted by atomic mass is 9.60. The summed E-state index contributed by atoms with van der Waals surface area (Å²) in [4.78, 5) is 0.261. The van der Waals surface area contributed by atoms with Gasteiger partial charge < -0.3 is 4.57 Å². The first kappa shape index (κ1) is 24.5. The minimum absolute atomic E-state index is 0.00824. The molecule has 2 N–H and O–H groups in total. The summed E-state index contributed by atoms with van der Waals surface area (Å²) in [5.41, 5.74) is 5.64. The van der Waals surface area contributed by atoms with E-state index in [1.807, 2.05) is 13.0 Å². The van der Waals surface area contributed by atoms with Gasteiger partial charge in [0.1, 0.15) is 4.90 Å². The molecular weight excluding hydrogens is 428 g/mol. The molecule has 182 valence electrons. The molecule has 0 aliphatic heterocycles. The van der Waals surface area contributed by atoms with Crippen LogP contribution in [0.25, 0.3) is 11.3 Å². The standard InChI is InChI=1S/C28H42N2O2S/c1-19-25(33(29,31)32)17-24(30(19)18-28-11-8-20(9-12-28)10-13-28)21-14-22(26(2,3)4)16-23(15-21)27(5,6)7/h14-17,20H,8-13,18H2,1-7H3,(H2,29,31,32). The van der Waals surface area contributed by atoms with Gasteiger partial charge in [-0.2, -0.15) is 0 Å². The molecule has 0 atom stereocenters. The highest BCUT2D eigenvalue weighted by Crippen LogP contribution is 2.52. The van der Waals surface area contributed by atoms with E-state index in [1.54, 1.807) is 0 Å². The molecule has 5 rings (SSSR count). The Bertz CT molecular complexity index is 1110. The molecular formula is C28H42N2O2S. The number of hydrogen-bond donors (Lipinski definition) is 1. The van der Waals surface area contributed by atoms with Crippen molar-refractivity contribution < 1.29 is 8.42 Å². The fourth-order valence-corrected chi connectivity index (χ4v) is 6.70. The summed E-state index contributed by atoms with van der Waals surface area (Å²) >= 11 is 0. The third kappa shape index (κ3) is 4.81. The lowest BCUT2D eigenvalue weighted by Crippen LogP contribution is -2.37. The van der Waals surface area contributed by atoms with Crippen LogP contribution < -0.4 is 5.14 Å². The van der Waals surface area contributed by atoms with Crippen molar-refractivity contribution >= 4 is 10.0 Å². The molecule has 3 saturated carbocycles. The first-order chi connectivity index (χ1) is 15.1. The summed E-state index contributed by atoms with van der Waals surface area (Å²) in [6.45, 7) is 16.2. The molecule has 0 spiro atoms. The smallest absolute Gasteiger partial charge is 0.239 e. The average molecular weight is 471 g/mol. The Labute approximate surface area is 201 Å². The van der Waals surface area contributed by atoms with Crippen LogP contribution in [0.2, 0.25) is 0 Å². The molecule has 0 saturated heterocycles. The predicted octanol–water partition coefficient (Wildman–Crippen LogP) is 6.68. The van der Waals surface area contributed by atoms with Crippen LogP contribution in [0.4, 0.5) is 0 Å². The van der Waals surface area contributed by atoms with Crippen molar-refractivity contribution in [2.45, 2.75) is 109 Å². The molecule has 2 aromatic rings. The second-order valence-corrected chi connectivity index (χ2v) is 14.4. The molecule has 33 heavy (non-hydrogen) atoms. The molecule has 0 unspecified atom stereocenters. The monoisotopic (exact) mass is 470 g/mol. The zero-order valence-corrected chi connectivity index (χ0v) is 22.4. The highest BCUT2D eigenvalue weighted by molar-refractivity contribution is 7.89. The second kappa shape index (κ2) is 7.98. The fourth-order valence-electron chi connectivity index (χ4n) is 5.90. The van der Waals surface area contributed by atoms with Gasteiger partial charge in [-0.3, -0.25) is 0 Å². The number of benzene rings is 1. The molecule has 5 heteroatoms. The van der Waals surface area contributed by atoms with Crippen LogP contribution >= 0.6 is 0 Å². The largest absolute Gasteiger partial charge is 0.343 e. The van der Waals surface area contributed by atoms with E-state index in [2.05, 4.69) is 64.3 Å². The normalized spacial score (nSPS) is 23.8. The highest BCUT2D eigenvalue weighted by Gasteiger charge is 2.41. The van der Waals surface area contributed by atoms with Crippen molar-refractivity contribution in [1.82, 2.24) is 4.57 Å². The van der Waals surface area contributed by atoms with Gasteiger partial charge in [-0.15, -0.1) is 0 Å². The number of fused-ring (bicyclic) bond motifs is 3. The van der Waals surface area contributed by atoms with Crippen molar-refractivity contribution in [3.8, 4) is 11.3 Å². The SMILES string of the molecule is Cc1c(S(N)(=O)=O)cc(-c2cc(C(C)(C)C)cc(C(C)(C)C)c2)n1CC12CCC(CC1)CC2. The minimum atomic E-state index is -3.80. The predicted molar refractivity (Wildman–Crippen MR) is 137 cm³/mol. The van der Waals surface area contributed by atoms with Crippen LogP contribution in [-0.4, -0.2) is 13.0 Å². The van der Waals surface area contributed by atoms with E-state index in [1.165, 1.54) is 49.7 Å². The van der Waals surface area contributed by atoms with Crippen molar-refractivity contribution in [2.24, 2.45) is 16.5 Å². The first-order valence-corrected chi connectivity index (χ1v) is 14.0. The first-order valence-electron chi connectivity index (χ1n) is 12.5. The van der Waals surface area contributed by atoms with Gasteiger partial charge in [0.05, 0.1) is 0 Å². The lowest BCUT2D eigenvalue weighted by Gasteiger charge is -2.47. The Hall–Kier alpha value is -1.59. The number of hydrogen-bond acceptors (Lipinski definition) is 2. The van der Waals surface area contributed by atoms with Crippen molar-refractivity contribution in [2.75, 3.05) is 0 Å². The number of primary sulfonamides is 1. The van der Waals surface area contributed by atoms with E-state index < -0.39 is 10.0 Å². The Balaban J connectivity index is 1.92. The Morgan fingerprint density at radius 3 is 1.82 bits per heavy atom. The fraction of sp³-hybridized carbons (Fsp3) is 0.643. The maximum Gasteiger partial charge on any atom is 0.239 e. The van der Waals surface area contributed by atoms with Gasteiger partial charge in [0.2, 0.25) is 10.0 Å². The van der Waals surface area contributed by atoms with Crippen molar-refractivity contribution in [3.05, 3.63) is 41.1 Å². The summed E-state index contributed by atoms with van der Waals surface area (Å²) in [6.07, 6.45) is 7.67. The maximum absolute atomic E-state index is 12.5. The van der Waals surface area contributed by atoms with E-state index in [4.69, 9.17) is 5.14 Å². The zero-order valence-electron chi connectivity index (χ0n) is 21.6. The molecule has 3 fully saturated rings. The number of rotatable bonds is 4. The van der Waals surface area contributed by atoms with Gasteiger partial charge in [-0.25, -0.2) is 13.6 Å².